The quantitative estimate of drug-likeness (QED) is 0.225. The van der Waals surface area contributed by atoms with Gasteiger partial charge >= 0.3 is 12.1 Å². The molecule has 0 aliphatic carbocycles. The fraction of sp³-hybridized carbons (Fsp3) is 0.533. The van der Waals surface area contributed by atoms with Crippen LogP contribution in [0.4, 0.5) is 10.6 Å². The van der Waals surface area contributed by atoms with Crippen LogP contribution in [0.25, 0.3) is 16.6 Å². The van der Waals surface area contributed by atoms with Crippen LogP contribution < -0.4 is 19.7 Å². The summed E-state index contributed by atoms with van der Waals surface area (Å²) in [5.74, 6) is 1.70. The molecular formula is C30H42ClN5O6. The number of anilines is 1. The number of halogens is 1. The largest absolute Gasteiger partial charge is 0.494 e. The van der Waals surface area contributed by atoms with Crippen molar-refractivity contribution in [2.75, 3.05) is 38.8 Å². The van der Waals surface area contributed by atoms with Crippen LogP contribution in [0.15, 0.2) is 24.4 Å². The SMILES string of the molecule is CCCC(=O)OC(C)(C)C.CCCOc1cc(-n2nc(N3CC(CNC)OC3=O)c3cnc(Cl)cc32)c(OC)cc1C. The summed E-state index contributed by atoms with van der Waals surface area (Å²) in [5.41, 5.74) is 1.98. The van der Waals surface area contributed by atoms with Crippen molar-refractivity contribution in [3.05, 3.63) is 35.1 Å². The smallest absolute Gasteiger partial charge is 0.416 e. The molecule has 0 radical (unpaired) electrons. The first-order valence-corrected chi connectivity index (χ1v) is 14.5. The number of fused-ring (bicyclic) bond motifs is 1. The van der Waals surface area contributed by atoms with Gasteiger partial charge in [-0.1, -0.05) is 25.4 Å². The average molecular weight is 604 g/mol. The number of benzene rings is 1. The number of esters is 1. The van der Waals surface area contributed by atoms with Gasteiger partial charge < -0.3 is 24.3 Å². The van der Waals surface area contributed by atoms with Crippen molar-refractivity contribution in [3.8, 4) is 17.2 Å². The summed E-state index contributed by atoms with van der Waals surface area (Å²) in [4.78, 5) is 29.2. The Labute approximate surface area is 252 Å². The van der Waals surface area contributed by atoms with E-state index in [9.17, 15) is 9.59 Å². The van der Waals surface area contributed by atoms with Gasteiger partial charge in [-0.2, -0.15) is 0 Å². The summed E-state index contributed by atoms with van der Waals surface area (Å²) in [6.07, 6.45) is 3.17. The van der Waals surface area contributed by atoms with Gasteiger partial charge in [0, 0.05) is 31.3 Å². The first kappa shape index (κ1) is 32.9. The number of ether oxygens (including phenoxy) is 4. The Balaban J connectivity index is 0.000000416. The Hall–Kier alpha value is -3.57. The van der Waals surface area contributed by atoms with Gasteiger partial charge in [0.25, 0.3) is 0 Å². The molecule has 1 saturated heterocycles. The lowest BCUT2D eigenvalue weighted by Gasteiger charge is -2.18. The number of amides is 1. The minimum atomic E-state index is -0.449. The van der Waals surface area contributed by atoms with E-state index >= 15 is 0 Å². The lowest BCUT2D eigenvalue weighted by atomic mass is 10.1. The predicted octanol–water partition coefficient (Wildman–Crippen LogP) is 5.85. The number of hydrogen-bond acceptors (Lipinski definition) is 9. The van der Waals surface area contributed by atoms with Crippen LogP contribution in [0.3, 0.4) is 0 Å². The highest BCUT2D eigenvalue weighted by molar-refractivity contribution is 6.30. The number of pyridine rings is 1. The van der Waals surface area contributed by atoms with Gasteiger partial charge in [-0.15, -0.1) is 5.10 Å². The second-order valence-corrected chi connectivity index (χ2v) is 11.3. The van der Waals surface area contributed by atoms with Gasteiger partial charge in [-0.3, -0.25) is 9.69 Å². The van der Waals surface area contributed by atoms with Gasteiger partial charge in [-0.05, 0) is 59.2 Å². The minimum absolute atomic E-state index is 0.102. The lowest BCUT2D eigenvalue weighted by Crippen LogP contribution is -2.29. The number of nitrogens with one attached hydrogen (secondary N) is 1. The van der Waals surface area contributed by atoms with Crippen LogP contribution in [0.2, 0.25) is 5.15 Å². The van der Waals surface area contributed by atoms with E-state index in [0.717, 1.165) is 24.2 Å². The number of cyclic esters (lactones) is 1. The normalized spacial score (nSPS) is 14.8. The van der Waals surface area contributed by atoms with E-state index in [1.807, 2.05) is 53.8 Å². The van der Waals surface area contributed by atoms with Crippen molar-refractivity contribution in [3.63, 3.8) is 0 Å². The molecule has 4 rings (SSSR count). The first-order chi connectivity index (χ1) is 19.9. The third-order valence-electron chi connectivity index (χ3n) is 6.11. The van der Waals surface area contributed by atoms with Crippen LogP contribution in [0.1, 0.15) is 59.4 Å². The molecule has 42 heavy (non-hydrogen) atoms. The maximum atomic E-state index is 12.6. The molecule has 3 aromatic rings. The van der Waals surface area contributed by atoms with E-state index in [1.165, 1.54) is 4.90 Å². The third kappa shape index (κ3) is 8.25. The highest BCUT2D eigenvalue weighted by atomic mass is 35.5. The molecule has 11 nitrogen and oxygen atoms in total. The molecule has 1 N–H and O–H groups in total. The number of methoxy groups -OCH3 is 1. The van der Waals surface area contributed by atoms with Gasteiger partial charge in [0.2, 0.25) is 0 Å². The molecule has 0 saturated carbocycles. The van der Waals surface area contributed by atoms with Gasteiger partial charge in [0.15, 0.2) is 5.82 Å². The second kappa shape index (κ2) is 14.6. The number of aryl methyl sites for hydroxylation is 1. The Bertz CT molecular complexity index is 1390. The summed E-state index contributed by atoms with van der Waals surface area (Å²) >= 11 is 6.22. The first-order valence-electron chi connectivity index (χ1n) is 14.1. The maximum Gasteiger partial charge on any atom is 0.416 e. The van der Waals surface area contributed by atoms with Crippen molar-refractivity contribution >= 4 is 40.4 Å². The molecule has 230 valence electrons. The summed E-state index contributed by atoms with van der Waals surface area (Å²) < 4.78 is 23.8. The summed E-state index contributed by atoms with van der Waals surface area (Å²) in [5, 5.41) is 8.80. The molecule has 1 aromatic carbocycles. The Morgan fingerprint density at radius 2 is 1.93 bits per heavy atom. The molecule has 0 bridgehead atoms. The minimum Gasteiger partial charge on any atom is -0.494 e. The van der Waals surface area contributed by atoms with Crippen LogP contribution >= 0.6 is 11.6 Å². The highest BCUT2D eigenvalue weighted by Gasteiger charge is 2.35. The fourth-order valence-corrected chi connectivity index (χ4v) is 4.48. The van der Waals surface area contributed by atoms with Crippen LogP contribution in [0.5, 0.6) is 11.5 Å². The van der Waals surface area contributed by atoms with E-state index in [0.29, 0.717) is 59.4 Å². The molecule has 1 unspecified atom stereocenters. The zero-order valence-corrected chi connectivity index (χ0v) is 26.5. The van der Waals surface area contributed by atoms with Crippen molar-refractivity contribution in [2.45, 2.75) is 72.5 Å². The summed E-state index contributed by atoms with van der Waals surface area (Å²) in [7, 11) is 3.42. The van der Waals surface area contributed by atoms with Gasteiger partial charge in [0.05, 0.1) is 31.2 Å². The number of carbonyl (C=O) groups is 2. The average Bonchev–Trinajstić information content (AvgIpc) is 3.46. The van der Waals surface area contributed by atoms with Crippen molar-refractivity contribution < 1.29 is 28.5 Å². The molecule has 1 aliphatic heterocycles. The molecule has 12 heteroatoms. The zero-order valence-electron chi connectivity index (χ0n) is 25.7. The van der Waals surface area contributed by atoms with E-state index in [-0.39, 0.29) is 17.7 Å². The van der Waals surface area contributed by atoms with Crippen molar-refractivity contribution in [2.24, 2.45) is 0 Å². The maximum absolute atomic E-state index is 12.6. The van der Waals surface area contributed by atoms with Crippen molar-refractivity contribution in [1.82, 2.24) is 20.1 Å². The molecule has 0 spiro atoms. The predicted molar refractivity (Wildman–Crippen MR) is 163 cm³/mol. The van der Waals surface area contributed by atoms with Crippen LogP contribution in [-0.4, -0.2) is 72.4 Å². The van der Waals surface area contributed by atoms with E-state index in [4.69, 9.17) is 35.6 Å². The van der Waals surface area contributed by atoms with Crippen LogP contribution in [-0.2, 0) is 14.3 Å². The molecule has 1 fully saturated rings. The van der Waals surface area contributed by atoms with E-state index in [1.54, 1.807) is 24.1 Å². The number of rotatable bonds is 10. The molecule has 1 amide bonds. The molecule has 3 heterocycles. The molecule has 1 aliphatic rings. The number of nitrogens with zero attached hydrogens (tertiary/aromatic N) is 4. The second-order valence-electron chi connectivity index (χ2n) is 10.9. The summed E-state index contributed by atoms with van der Waals surface area (Å²) in [6, 6.07) is 5.51. The van der Waals surface area contributed by atoms with Gasteiger partial charge in [0.1, 0.15) is 34.0 Å². The number of aromatic nitrogens is 3. The Morgan fingerprint density at radius 1 is 1.19 bits per heavy atom. The number of hydrogen-bond donors (Lipinski definition) is 1. The standard InChI is InChI=1S/C22H26ClN5O4.C8H16O2/c1-5-6-31-18-8-17(19(30-4)7-13(18)2)28-16-9-20(23)25-11-15(16)21(26-28)27-12-14(10-24-3)32-22(27)29;1-5-6-7(9)10-8(2,3)4/h7-9,11,14,24H,5-6,10,12H2,1-4H3;5-6H2,1-4H3. The van der Waals surface area contributed by atoms with E-state index < -0.39 is 6.09 Å². The molecule has 2 aromatic heterocycles. The van der Waals surface area contributed by atoms with Crippen molar-refractivity contribution in [1.29, 1.82) is 0 Å². The number of carbonyl (C=O) groups excluding carboxylic acids is 2. The monoisotopic (exact) mass is 603 g/mol. The summed E-state index contributed by atoms with van der Waals surface area (Å²) in [6.45, 7) is 13.1. The third-order valence-corrected chi connectivity index (χ3v) is 6.32. The van der Waals surface area contributed by atoms with Gasteiger partial charge in [-0.25, -0.2) is 14.5 Å². The van der Waals surface area contributed by atoms with E-state index in [2.05, 4.69) is 17.2 Å². The van der Waals surface area contributed by atoms with Crippen LogP contribution in [0, 0.1) is 6.92 Å². The lowest BCUT2D eigenvalue weighted by molar-refractivity contribution is -0.154. The topological polar surface area (TPSA) is 117 Å². The zero-order chi connectivity index (χ0) is 31.0. The number of likely N-dealkylation sites (N-methyl/N-ethyl adjacent to an activating group) is 1. The Morgan fingerprint density at radius 3 is 2.55 bits per heavy atom. The molecular weight excluding hydrogens is 562 g/mol. The molecule has 1 atom stereocenters. The Kier molecular flexibility index (Phi) is 11.4. The highest BCUT2D eigenvalue weighted by Crippen LogP contribution is 2.37. The fourth-order valence-electron chi connectivity index (χ4n) is 4.33.